The zero-order valence-electron chi connectivity index (χ0n) is 19.8. The summed E-state index contributed by atoms with van der Waals surface area (Å²) in [4.78, 5) is 27.6. The molecule has 7 atom stereocenters. The second-order valence-corrected chi connectivity index (χ2v) is 12.3. The van der Waals surface area contributed by atoms with E-state index in [0.717, 1.165) is 12.3 Å². The highest BCUT2D eigenvalue weighted by atomic mass is 35.5. The van der Waals surface area contributed by atoms with Crippen molar-refractivity contribution in [2.75, 3.05) is 25.1 Å². The number of aromatic nitrogens is 4. The van der Waals surface area contributed by atoms with Gasteiger partial charge in [0.05, 0.1) is 31.4 Å². The summed E-state index contributed by atoms with van der Waals surface area (Å²) in [5, 5.41) is 45.9. The van der Waals surface area contributed by atoms with Crippen molar-refractivity contribution in [3.8, 4) is 0 Å². The Morgan fingerprint density at radius 3 is 2.62 bits per heavy atom. The third kappa shape index (κ3) is 4.78. The molecule has 1 saturated heterocycles. The molecule has 0 spiro atoms. The average molecular weight is 564 g/mol. The molecule has 3 heterocycles. The summed E-state index contributed by atoms with van der Waals surface area (Å²) in [5.74, 6) is 1.81. The van der Waals surface area contributed by atoms with Gasteiger partial charge in [-0.1, -0.05) is 12.8 Å². The lowest BCUT2D eigenvalue weighted by Gasteiger charge is -2.31. The first-order valence-electron chi connectivity index (χ1n) is 12.2. The average Bonchev–Trinajstić information content (AvgIpc) is 3.61. The fraction of sp³-hybridized carbons (Fsp3) is 0.762. The standard InChI is InChI=1S/C21H31ClN5O9P/c22-20-25-17(24-13-5-4-10-2-1-3-11(10)13)12-6-23-27(18(12)26-20)19-16(31)15(30)14(36-19)7-35-21(8-28,9-29)37(32,33)34/h6,10-11,13-16,19,28-31H,1-5,7-9H2,(H,24,25,26)(H2,32,33,34)/t10-,11-,13-,14?,15-,16-,19-/m1/s1. The molecule has 16 heteroatoms. The van der Waals surface area contributed by atoms with Crippen molar-refractivity contribution in [1.29, 1.82) is 0 Å². The molecule has 0 bridgehead atoms. The van der Waals surface area contributed by atoms with Gasteiger partial charge >= 0.3 is 7.60 Å². The molecule has 2 aromatic heterocycles. The van der Waals surface area contributed by atoms with E-state index in [1.807, 2.05) is 0 Å². The minimum atomic E-state index is -5.10. The number of anilines is 1. The minimum absolute atomic E-state index is 0.0389. The number of halogens is 1. The fourth-order valence-corrected chi connectivity index (χ4v) is 6.60. The Kier molecular flexibility index (Phi) is 7.53. The van der Waals surface area contributed by atoms with Crippen LogP contribution in [0.15, 0.2) is 6.20 Å². The van der Waals surface area contributed by atoms with Gasteiger partial charge in [-0.2, -0.15) is 15.1 Å². The van der Waals surface area contributed by atoms with E-state index in [4.69, 9.17) is 21.1 Å². The first-order chi connectivity index (χ1) is 17.6. The molecule has 0 radical (unpaired) electrons. The van der Waals surface area contributed by atoms with Crippen LogP contribution in [0.3, 0.4) is 0 Å². The van der Waals surface area contributed by atoms with Gasteiger partial charge in [0.15, 0.2) is 11.9 Å². The zero-order valence-corrected chi connectivity index (χ0v) is 21.4. The van der Waals surface area contributed by atoms with Gasteiger partial charge in [-0.15, -0.1) is 0 Å². The number of aliphatic hydroxyl groups is 4. The number of rotatable bonds is 9. The largest absolute Gasteiger partial charge is 0.393 e. The molecule has 7 N–H and O–H groups in total. The van der Waals surface area contributed by atoms with Crippen molar-refractivity contribution in [2.24, 2.45) is 11.8 Å². The minimum Gasteiger partial charge on any atom is -0.393 e. The van der Waals surface area contributed by atoms with Crippen molar-refractivity contribution in [3.05, 3.63) is 11.5 Å². The molecule has 3 aliphatic rings. The van der Waals surface area contributed by atoms with Gasteiger partial charge in [-0.25, -0.2) is 4.68 Å². The quantitative estimate of drug-likeness (QED) is 0.158. The monoisotopic (exact) mass is 563 g/mol. The molecule has 2 aromatic rings. The van der Waals surface area contributed by atoms with E-state index in [9.17, 15) is 34.8 Å². The van der Waals surface area contributed by atoms with Gasteiger partial charge in [-0.3, -0.25) is 4.57 Å². The van der Waals surface area contributed by atoms with Crippen LogP contribution in [0.5, 0.6) is 0 Å². The van der Waals surface area contributed by atoms with Crippen molar-refractivity contribution < 1.29 is 44.3 Å². The first kappa shape index (κ1) is 27.1. The Morgan fingerprint density at radius 1 is 1.16 bits per heavy atom. The molecule has 37 heavy (non-hydrogen) atoms. The highest BCUT2D eigenvalue weighted by Crippen LogP contribution is 2.51. The summed E-state index contributed by atoms with van der Waals surface area (Å²) in [5.41, 5.74) is 0.261. The maximum absolute atomic E-state index is 11.8. The van der Waals surface area contributed by atoms with Crippen LogP contribution in [0.1, 0.15) is 38.3 Å². The van der Waals surface area contributed by atoms with Crippen LogP contribution in [-0.4, -0.2) is 99.5 Å². The molecule has 3 fully saturated rings. The molecule has 2 saturated carbocycles. The van der Waals surface area contributed by atoms with Crippen molar-refractivity contribution >= 4 is 36.0 Å². The van der Waals surface area contributed by atoms with Gasteiger partial charge in [-0.05, 0) is 42.7 Å². The van der Waals surface area contributed by atoms with Crippen LogP contribution >= 0.6 is 19.2 Å². The van der Waals surface area contributed by atoms with Crippen LogP contribution in [-0.2, 0) is 14.0 Å². The van der Waals surface area contributed by atoms with E-state index in [-0.39, 0.29) is 17.0 Å². The molecule has 2 aliphatic carbocycles. The second-order valence-electron chi connectivity index (χ2n) is 10.0. The van der Waals surface area contributed by atoms with Crippen LogP contribution in [0.4, 0.5) is 5.82 Å². The molecule has 0 aromatic carbocycles. The number of fused-ring (bicyclic) bond motifs is 2. The molecule has 1 aliphatic heterocycles. The van der Waals surface area contributed by atoms with E-state index in [2.05, 4.69) is 20.4 Å². The summed E-state index contributed by atoms with van der Waals surface area (Å²) in [7, 11) is -5.10. The highest BCUT2D eigenvalue weighted by Gasteiger charge is 2.51. The topological polar surface area (TPSA) is 213 Å². The molecule has 5 rings (SSSR count). The summed E-state index contributed by atoms with van der Waals surface area (Å²) in [6.45, 7) is -3.01. The third-order valence-corrected chi connectivity index (χ3v) is 9.59. The number of nitrogens with zero attached hydrogens (tertiary/aromatic N) is 4. The normalized spacial score (nSPS) is 32.4. The van der Waals surface area contributed by atoms with Crippen molar-refractivity contribution in [1.82, 2.24) is 19.7 Å². The first-order valence-corrected chi connectivity index (χ1v) is 14.2. The highest BCUT2D eigenvalue weighted by molar-refractivity contribution is 7.53. The van der Waals surface area contributed by atoms with E-state index in [1.165, 1.54) is 36.6 Å². The number of ether oxygens (including phenoxy) is 2. The third-order valence-electron chi connectivity index (χ3n) is 7.95. The maximum atomic E-state index is 11.8. The Morgan fingerprint density at radius 2 is 1.92 bits per heavy atom. The molecular formula is C21H31ClN5O9P. The molecule has 206 valence electrons. The number of hydrogen-bond donors (Lipinski definition) is 7. The fourth-order valence-electron chi connectivity index (χ4n) is 5.83. The number of hydrogen-bond acceptors (Lipinski definition) is 11. The smallest absolute Gasteiger partial charge is 0.361 e. The predicted octanol–water partition coefficient (Wildman–Crippen LogP) is -0.0353. The Labute approximate surface area is 216 Å². The summed E-state index contributed by atoms with van der Waals surface area (Å²) in [6, 6.07) is 0.258. The lowest BCUT2D eigenvalue weighted by Crippen LogP contribution is -2.44. The lowest BCUT2D eigenvalue weighted by molar-refractivity contribution is -0.121. The van der Waals surface area contributed by atoms with Crippen LogP contribution in [0.2, 0.25) is 5.28 Å². The van der Waals surface area contributed by atoms with Gasteiger partial charge in [0, 0.05) is 6.04 Å². The zero-order chi connectivity index (χ0) is 26.5. The summed E-state index contributed by atoms with van der Waals surface area (Å²) < 4.78 is 23.9. The SMILES string of the molecule is O=P(O)(O)C(CO)(CO)OCC1O[C@@H](n2ncc3c(N[C@@H]4CC[C@H]5CCC[C@H]54)nc(Cl)nc32)[C@H](O)[C@@H]1O. The van der Waals surface area contributed by atoms with E-state index in [1.54, 1.807) is 0 Å². The summed E-state index contributed by atoms with van der Waals surface area (Å²) >= 11 is 6.23. The molecule has 0 amide bonds. The van der Waals surface area contributed by atoms with Crippen molar-refractivity contribution in [3.63, 3.8) is 0 Å². The van der Waals surface area contributed by atoms with Gasteiger partial charge in [0.25, 0.3) is 0 Å². The van der Waals surface area contributed by atoms with Crippen LogP contribution in [0, 0.1) is 11.8 Å². The number of nitrogens with one attached hydrogen (secondary N) is 1. The van der Waals surface area contributed by atoms with Crippen LogP contribution < -0.4 is 5.32 Å². The predicted molar refractivity (Wildman–Crippen MR) is 129 cm³/mol. The van der Waals surface area contributed by atoms with E-state index < -0.39 is 57.3 Å². The van der Waals surface area contributed by atoms with Crippen molar-refractivity contribution in [2.45, 2.75) is 68.0 Å². The Hall–Kier alpha value is -1.45. The van der Waals surface area contributed by atoms with Crippen LogP contribution in [0.25, 0.3) is 11.0 Å². The second kappa shape index (κ2) is 10.3. The Bertz CT molecular complexity index is 1180. The molecule has 1 unspecified atom stereocenters. The van der Waals surface area contributed by atoms with E-state index >= 15 is 0 Å². The van der Waals surface area contributed by atoms with Gasteiger partial charge in [0.1, 0.15) is 24.1 Å². The molecule has 14 nitrogen and oxygen atoms in total. The molecular weight excluding hydrogens is 533 g/mol. The maximum Gasteiger partial charge on any atom is 0.361 e. The van der Waals surface area contributed by atoms with Gasteiger partial charge < -0.3 is 45.0 Å². The van der Waals surface area contributed by atoms with Gasteiger partial charge in [0.2, 0.25) is 10.6 Å². The number of aliphatic hydroxyl groups excluding tert-OH is 4. The Balaban J connectivity index is 1.36. The summed E-state index contributed by atoms with van der Waals surface area (Å²) in [6.07, 6.45) is 1.80. The van der Waals surface area contributed by atoms with E-state index in [0.29, 0.717) is 17.1 Å². The lowest BCUT2D eigenvalue weighted by atomic mass is 9.97.